The van der Waals surface area contributed by atoms with Crippen LogP contribution in [0.2, 0.25) is 0 Å². The number of rotatable bonds is 3. The van der Waals surface area contributed by atoms with E-state index in [1.165, 1.54) is 0 Å². The minimum absolute atomic E-state index is 0.380. The number of hydrogen-bond donors (Lipinski definition) is 0. The maximum Gasteiger partial charge on any atom is 0.429 e. The highest BCUT2D eigenvalue weighted by atomic mass is 16.6. The van der Waals surface area contributed by atoms with Gasteiger partial charge < -0.3 is 9.47 Å². The Morgan fingerprint density at radius 3 is 2.39 bits per heavy atom. The first-order valence-electron chi connectivity index (χ1n) is 7.85. The number of carbonyl (C=O) groups is 2. The lowest BCUT2D eigenvalue weighted by Gasteiger charge is -2.39. The number of hydrogen-bond acceptors (Lipinski definition) is 5. The molecule has 6 heteroatoms. The Labute approximate surface area is 136 Å². The normalized spacial score (nSPS) is 15.3. The third-order valence-corrected chi connectivity index (χ3v) is 3.28. The van der Waals surface area contributed by atoms with Crippen LogP contribution in [0.4, 0.5) is 10.5 Å². The fourth-order valence-corrected chi connectivity index (χ4v) is 2.39. The fraction of sp³-hybridized carbons (Fsp3) is 0.529. The van der Waals surface area contributed by atoms with Crippen molar-refractivity contribution in [2.75, 3.05) is 24.7 Å². The lowest BCUT2D eigenvalue weighted by molar-refractivity contribution is -0.158. The van der Waals surface area contributed by atoms with E-state index in [1.807, 2.05) is 35.3 Å². The standard InChI is InChI=1S/C17H24N2O4/c1-17(2,3)23-15(20)13-22-16(21)19-12-8-7-11-18(19)14-9-5-4-6-10-14/h4-6,9-10H,7-8,11-13H2,1-3H3. The van der Waals surface area contributed by atoms with Crippen molar-refractivity contribution in [3.05, 3.63) is 30.3 Å². The second-order valence-electron chi connectivity index (χ2n) is 6.43. The third-order valence-electron chi connectivity index (χ3n) is 3.28. The molecule has 1 fully saturated rings. The summed E-state index contributed by atoms with van der Waals surface area (Å²) in [6, 6.07) is 9.67. The zero-order chi connectivity index (χ0) is 16.9. The molecule has 1 aromatic carbocycles. The average molecular weight is 320 g/mol. The number of amides is 1. The molecule has 0 radical (unpaired) electrons. The fourth-order valence-electron chi connectivity index (χ4n) is 2.39. The molecule has 0 atom stereocenters. The minimum atomic E-state index is -0.593. The molecule has 1 amide bonds. The van der Waals surface area contributed by atoms with Crippen molar-refractivity contribution >= 4 is 17.7 Å². The molecule has 1 aliphatic heterocycles. The number of ether oxygens (including phenoxy) is 2. The van der Waals surface area contributed by atoms with Crippen LogP contribution in [-0.2, 0) is 14.3 Å². The second kappa shape index (κ2) is 7.35. The van der Waals surface area contributed by atoms with Crippen molar-refractivity contribution in [3.8, 4) is 0 Å². The van der Waals surface area contributed by atoms with Gasteiger partial charge in [-0.1, -0.05) is 18.2 Å². The van der Waals surface area contributed by atoms with Gasteiger partial charge in [0.15, 0.2) is 6.61 Å². The van der Waals surface area contributed by atoms with Crippen LogP contribution >= 0.6 is 0 Å². The largest absolute Gasteiger partial charge is 0.457 e. The molecule has 1 aromatic rings. The monoisotopic (exact) mass is 320 g/mol. The molecule has 126 valence electrons. The SMILES string of the molecule is CC(C)(C)OC(=O)COC(=O)N1CCCCN1c1ccccc1. The first-order chi connectivity index (χ1) is 10.9. The van der Waals surface area contributed by atoms with Crippen LogP contribution in [0, 0.1) is 0 Å². The van der Waals surface area contributed by atoms with Crippen molar-refractivity contribution in [2.45, 2.75) is 39.2 Å². The summed E-state index contributed by atoms with van der Waals surface area (Å²) in [5, 5.41) is 3.43. The van der Waals surface area contributed by atoms with Gasteiger partial charge in [0.25, 0.3) is 0 Å². The van der Waals surface area contributed by atoms with Crippen LogP contribution in [-0.4, -0.2) is 42.4 Å². The molecule has 2 rings (SSSR count). The van der Waals surface area contributed by atoms with E-state index in [2.05, 4.69) is 0 Å². The Balaban J connectivity index is 1.95. The zero-order valence-corrected chi connectivity index (χ0v) is 13.9. The van der Waals surface area contributed by atoms with E-state index in [1.54, 1.807) is 25.8 Å². The van der Waals surface area contributed by atoms with Crippen molar-refractivity contribution in [1.29, 1.82) is 0 Å². The predicted octanol–water partition coefficient (Wildman–Crippen LogP) is 2.98. The van der Waals surface area contributed by atoms with Crippen LogP contribution in [0.25, 0.3) is 0 Å². The van der Waals surface area contributed by atoms with Crippen LogP contribution in [0.15, 0.2) is 30.3 Å². The summed E-state index contributed by atoms with van der Waals surface area (Å²) in [7, 11) is 0. The Kier molecular flexibility index (Phi) is 5.47. The molecule has 0 aliphatic carbocycles. The first kappa shape index (κ1) is 17.1. The zero-order valence-electron chi connectivity index (χ0n) is 13.9. The van der Waals surface area contributed by atoms with Crippen LogP contribution in [0.3, 0.4) is 0 Å². The summed E-state index contributed by atoms with van der Waals surface area (Å²) >= 11 is 0. The molecule has 1 heterocycles. The molecule has 1 saturated heterocycles. The Morgan fingerprint density at radius 1 is 1.09 bits per heavy atom. The van der Waals surface area contributed by atoms with E-state index in [-0.39, 0.29) is 6.61 Å². The topological polar surface area (TPSA) is 59.1 Å². The second-order valence-corrected chi connectivity index (χ2v) is 6.43. The van der Waals surface area contributed by atoms with Gasteiger partial charge in [-0.3, -0.25) is 5.01 Å². The Morgan fingerprint density at radius 2 is 1.74 bits per heavy atom. The van der Waals surface area contributed by atoms with Gasteiger partial charge in [0.1, 0.15) is 5.60 Å². The highest BCUT2D eigenvalue weighted by Crippen LogP contribution is 2.21. The van der Waals surface area contributed by atoms with E-state index >= 15 is 0 Å². The molecule has 0 saturated carbocycles. The van der Waals surface area contributed by atoms with Gasteiger partial charge in [-0.25, -0.2) is 14.6 Å². The van der Waals surface area contributed by atoms with E-state index in [4.69, 9.17) is 9.47 Å². The predicted molar refractivity (Wildman–Crippen MR) is 86.9 cm³/mol. The number of anilines is 1. The smallest absolute Gasteiger partial charge is 0.429 e. The lowest BCUT2D eigenvalue weighted by Crippen LogP contribution is -2.51. The number of hydrazine groups is 1. The molecule has 6 nitrogen and oxygen atoms in total. The van der Waals surface area contributed by atoms with E-state index < -0.39 is 17.7 Å². The number of nitrogens with zero attached hydrogens (tertiary/aromatic N) is 2. The van der Waals surface area contributed by atoms with Crippen LogP contribution in [0.5, 0.6) is 0 Å². The molecule has 1 aliphatic rings. The highest BCUT2D eigenvalue weighted by molar-refractivity contribution is 5.77. The summed E-state index contributed by atoms with van der Waals surface area (Å²) in [6.07, 6.45) is 1.38. The molecular formula is C17H24N2O4. The summed E-state index contributed by atoms with van der Waals surface area (Å²) in [6.45, 7) is 6.25. The van der Waals surface area contributed by atoms with Gasteiger partial charge in [0.05, 0.1) is 5.69 Å². The number of carbonyl (C=O) groups excluding carboxylic acids is 2. The molecule has 23 heavy (non-hydrogen) atoms. The molecule has 0 bridgehead atoms. The summed E-state index contributed by atoms with van der Waals surface area (Å²) < 4.78 is 10.3. The summed E-state index contributed by atoms with van der Waals surface area (Å²) in [4.78, 5) is 24.0. The lowest BCUT2D eigenvalue weighted by atomic mass is 10.2. The minimum Gasteiger partial charge on any atom is -0.457 e. The van der Waals surface area contributed by atoms with Crippen molar-refractivity contribution in [2.24, 2.45) is 0 Å². The maximum atomic E-state index is 12.3. The van der Waals surface area contributed by atoms with E-state index in [9.17, 15) is 9.59 Å². The van der Waals surface area contributed by atoms with Crippen molar-refractivity contribution in [1.82, 2.24) is 5.01 Å². The molecular weight excluding hydrogens is 296 g/mol. The number of esters is 1. The van der Waals surface area contributed by atoms with Crippen molar-refractivity contribution < 1.29 is 19.1 Å². The van der Waals surface area contributed by atoms with Gasteiger partial charge in [-0.15, -0.1) is 0 Å². The quantitative estimate of drug-likeness (QED) is 0.801. The van der Waals surface area contributed by atoms with Crippen LogP contribution < -0.4 is 5.01 Å². The maximum absolute atomic E-state index is 12.3. The van der Waals surface area contributed by atoms with Gasteiger partial charge in [-0.2, -0.15) is 0 Å². The van der Waals surface area contributed by atoms with Gasteiger partial charge in [0.2, 0.25) is 0 Å². The average Bonchev–Trinajstić information content (AvgIpc) is 2.52. The number of benzene rings is 1. The molecule has 0 unspecified atom stereocenters. The Bertz CT molecular complexity index is 539. The molecule has 0 N–H and O–H groups in total. The van der Waals surface area contributed by atoms with Gasteiger partial charge in [-0.05, 0) is 45.7 Å². The summed E-state index contributed by atoms with van der Waals surface area (Å²) in [5.41, 5.74) is 0.339. The van der Waals surface area contributed by atoms with Gasteiger partial charge in [0, 0.05) is 13.1 Å². The number of para-hydroxylation sites is 1. The third kappa shape index (κ3) is 5.16. The van der Waals surface area contributed by atoms with E-state index in [0.717, 1.165) is 25.1 Å². The molecule has 0 aromatic heterocycles. The highest BCUT2D eigenvalue weighted by Gasteiger charge is 2.27. The van der Waals surface area contributed by atoms with Gasteiger partial charge >= 0.3 is 12.1 Å². The first-order valence-corrected chi connectivity index (χ1v) is 7.85. The van der Waals surface area contributed by atoms with Crippen molar-refractivity contribution in [3.63, 3.8) is 0 Å². The molecule has 0 spiro atoms. The van der Waals surface area contributed by atoms with E-state index in [0.29, 0.717) is 6.54 Å². The summed E-state index contributed by atoms with van der Waals surface area (Å²) in [5.74, 6) is -0.547. The van der Waals surface area contributed by atoms with Crippen LogP contribution in [0.1, 0.15) is 33.6 Å². The Hall–Kier alpha value is -2.24.